The van der Waals surface area contributed by atoms with Gasteiger partial charge in [-0.1, -0.05) is 6.92 Å². The summed E-state index contributed by atoms with van der Waals surface area (Å²) in [6.07, 6.45) is 2.21. The molecule has 6 heteroatoms. The van der Waals surface area contributed by atoms with Crippen LogP contribution in [0.4, 0.5) is 0 Å². The summed E-state index contributed by atoms with van der Waals surface area (Å²) in [7, 11) is 0. The largest absolute Gasteiger partial charge is 0.381 e. The summed E-state index contributed by atoms with van der Waals surface area (Å²) in [5.41, 5.74) is 0. The second-order valence-electron chi connectivity index (χ2n) is 5.22. The zero-order chi connectivity index (χ0) is 14.1. The van der Waals surface area contributed by atoms with Crippen LogP contribution in [0.1, 0.15) is 40.5 Å². The SMILES string of the molecule is CCNC(=NCC1(SCC)CCOCC1)NC(C)C.I. The van der Waals surface area contributed by atoms with Crippen LogP contribution in [0.15, 0.2) is 4.99 Å². The fourth-order valence-corrected chi connectivity index (χ4v) is 3.44. The van der Waals surface area contributed by atoms with E-state index in [1.54, 1.807) is 0 Å². The van der Waals surface area contributed by atoms with Crippen LogP contribution in [0.5, 0.6) is 0 Å². The predicted molar refractivity (Wildman–Crippen MR) is 101 cm³/mol. The van der Waals surface area contributed by atoms with Crippen LogP contribution < -0.4 is 10.6 Å². The Morgan fingerprint density at radius 3 is 2.45 bits per heavy atom. The molecule has 0 amide bonds. The van der Waals surface area contributed by atoms with Crippen molar-refractivity contribution in [3.8, 4) is 0 Å². The molecule has 2 N–H and O–H groups in total. The van der Waals surface area contributed by atoms with Gasteiger partial charge in [-0.3, -0.25) is 4.99 Å². The average Bonchev–Trinajstić information content (AvgIpc) is 2.37. The van der Waals surface area contributed by atoms with Crippen LogP contribution in [-0.4, -0.2) is 48.8 Å². The maximum atomic E-state index is 5.50. The Morgan fingerprint density at radius 2 is 1.95 bits per heavy atom. The molecule has 0 aliphatic carbocycles. The van der Waals surface area contributed by atoms with Crippen molar-refractivity contribution in [1.29, 1.82) is 0 Å². The van der Waals surface area contributed by atoms with Crippen molar-refractivity contribution in [2.45, 2.75) is 51.3 Å². The second-order valence-corrected chi connectivity index (χ2v) is 6.95. The van der Waals surface area contributed by atoms with Crippen molar-refractivity contribution in [2.24, 2.45) is 4.99 Å². The molecule has 4 nitrogen and oxygen atoms in total. The lowest BCUT2D eigenvalue weighted by molar-refractivity contribution is 0.0793. The van der Waals surface area contributed by atoms with Crippen LogP contribution in [0.2, 0.25) is 0 Å². The minimum Gasteiger partial charge on any atom is -0.381 e. The first-order chi connectivity index (χ1) is 9.12. The molecular formula is C14H30IN3OS. The highest BCUT2D eigenvalue weighted by molar-refractivity contribution is 14.0. The third-order valence-corrected chi connectivity index (χ3v) is 4.59. The molecular weight excluding hydrogens is 385 g/mol. The van der Waals surface area contributed by atoms with Crippen molar-refractivity contribution in [1.82, 2.24) is 10.6 Å². The first-order valence-corrected chi connectivity index (χ1v) is 8.37. The van der Waals surface area contributed by atoms with Crippen molar-refractivity contribution in [3.63, 3.8) is 0 Å². The van der Waals surface area contributed by atoms with E-state index < -0.39 is 0 Å². The molecule has 20 heavy (non-hydrogen) atoms. The predicted octanol–water partition coefficient (Wildman–Crippen LogP) is 2.87. The average molecular weight is 415 g/mol. The lowest BCUT2D eigenvalue weighted by atomic mass is 9.99. The van der Waals surface area contributed by atoms with Crippen molar-refractivity contribution in [3.05, 3.63) is 0 Å². The first kappa shape index (κ1) is 20.3. The number of nitrogens with zero attached hydrogens (tertiary/aromatic N) is 1. The van der Waals surface area contributed by atoms with Gasteiger partial charge in [0.15, 0.2) is 5.96 Å². The van der Waals surface area contributed by atoms with Crippen LogP contribution in [0.25, 0.3) is 0 Å². The monoisotopic (exact) mass is 415 g/mol. The Bertz CT molecular complexity index is 276. The van der Waals surface area contributed by atoms with E-state index in [9.17, 15) is 0 Å². The van der Waals surface area contributed by atoms with E-state index in [1.165, 1.54) is 0 Å². The zero-order valence-corrected chi connectivity index (χ0v) is 16.3. The minimum atomic E-state index is 0. The summed E-state index contributed by atoms with van der Waals surface area (Å²) >= 11 is 2.04. The highest BCUT2D eigenvalue weighted by atomic mass is 127. The van der Waals surface area contributed by atoms with Crippen LogP contribution in [0.3, 0.4) is 0 Å². The Labute approximate surface area is 145 Å². The quantitative estimate of drug-likeness (QED) is 0.398. The number of rotatable bonds is 6. The lowest BCUT2D eigenvalue weighted by Crippen LogP contribution is -2.43. The third kappa shape index (κ3) is 7.36. The normalized spacial score (nSPS) is 18.6. The highest BCUT2D eigenvalue weighted by Gasteiger charge is 2.32. The third-order valence-electron chi connectivity index (χ3n) is 3.15. The molecule has 0 saturated carbocycles. The summed E-state index contributed by atoms with van der Waals surface area (Å²) < 4.78 is 5.77. The molecule has 0 bridgehead atoms. The molecule has 0 spiro atoms. The summed E-state index contributed by atoms with van der Waals surface area (Å²) in [5, 5.41) is 6.69. The standard InChI is InChI=1S/C14H29N3OS.HI/c1-5-15-13(17-12(3)4)16-11-14(19-6-2)7-9-18-10-8-14;/h12H,5-11H2,1-4H3,(H2,15,16,17);1H. The summed E-state index contributed by atoms with van der Waals surface area (Å²) in [4.78, 5) is 4.79. The number of halogens is 1. The van der Waals surface area contributed by atoms with Gasteiger partial charge in [0.05, 0.1) is 6.54 Å². The van der Waals surface area contributed by atoms with Crippen molar-refractivity contribution < 1.29 is 4.74 Å². The molecule has 0 unspecified atom stereocenters. The number of hydrogen-bond acceptors (Lipinski definition) is 3. The van der Waals surface area contributed by atoms with Crippen molar-refractivity contribution >= 4 is 41.7 Å². The molecule has 1 aliphatic heterocycles. The number of ether oxygens (including phenoxy) is 1. The van der Waals surface area contributed by atoms with Gasteiger partial charge in [-0.25, -0.2) is 0 Å². The fourth-order valence-electron chi connectivity index (χ4n) is 2.21. The van der Waals surface area contributed by atoms with Crippen LogP contribution in [-0.2, 0) is 4.74 Å². The molecule has 0 aromatic carbocycles. The minimum absolute atomic E-state index is 0. The Hall–Kier alpha value is 0.310. The number of thioether (sulfide) groups is 1. The van der Waals surface area contributed by atoms with Gasteiger partial charge in [-0.15, -0.1) is 24.0 Å². The van der Waals surface area contributed by atoms with Gasteiger partial charge < -0.3 is 15.4 Å². The van der Waals surface area contributed by atoms with Gasteiger partial charge >= 0.3 is 0 Å². The molecule has 1 heterocycles. The molecule has 0 aromatic rings. The molecule has 0 radical (unpaired) electrons. The Morgan fingerprint density at radius 1 is 1.30 bits per heavy atom. The number of aliphatic imine (C=N–C) groups is 1. The van der Waals surface area contributed by atoms with E-state index in [0.29, 0.717) is 6.04 Å². The van der Waals surface area contributed by atoms with E-state index >= 15 is 0 Å². The molecule has 120 valence electrons. The molecule has 1 rings (SSSR count). The number of guanidine groups is 1. The molecule has 1 fully saturated rings. The summed E-state index contributed by atoms with van der Waals surface area (Å²) in [6.45, 7) is 12.1. The number of hydrogen-bond donors (Lipinski definition) is 2. The van der Waals surface area contributed by atoms with Crippen molar-refractivity contribution in [2.75, 3.05) is 32.1 Å². The molecule has 1 saturated heterocycles. The van der Waals surface area contributed by atoms with Crippen LogP contribution >= 0.6 is 35.7 Å². The van der Waals surface area contributed by atoms with Gasteiger partial charge in [0.2, 0.25) is 0 Å². The number of nitrogens with one attached hydrogen (secondary N) is 2. The van der Waals surface area contributed by atoms with E-state index in [1.807, 2.05) is 11.8 Å². The Kier molecular flexibility index (Phi) is 11.1. The second kappa shape index (κ2) is 11.0. The zero-order valence-electron chi connectivity index (χ0n) is 13.2. The first-order valence-electron chi connectivity index (χ1n) is 7.38. The fraction of sp³-hybridized carbons (Fsp3) is 0.929. The van der Waals surface area contributed by atoms with Gasteiger partial charge in [0, 0.05) is 30.5 Å². The van der Waals surface area contributed by atoms with Gasteiger partial charge in [-0.2, -0.15) is 11.8 Å². The van der Waals surface area contributed by atoms with Gasteiger partial charge in [0.1, 0.15) is 0 Å². The summed E-state index contributed by atoms with van der Waals surface area (Å²) in [6, 6.07) is 0.405. The van der Waals surface area contributed by atoms with E-state index in [0.717, 1.165) is 50.9 Å². The van der Waals surface area contributed by atoms with Crippen LogP contribution in [0, 0.1) is 0 Å². The maximum absolute atomic E-state index is 5.50. The maximum Gasteiger partial charge on any atom is 0.191 e. The van der Waals surface area contributed by atoms with Gasteiger partial charge in [0.25, 0.3) is 0 Å². The lowest BCUT2D eigenvalue weighted by Gasteiger charge is -2.35. The smallest absolute Gasteiger partial charge is 0.191 e. The Balaban J connectivity index is 0.00000361. The molecule has 0 aromatic heterocycles. The highest BCUT2D eigenvalue weighted by Crippen LogP contribution is 2.35. The molecule has 1 aliphatic rings. The van der Waals surface area contributed by atoms with Gasteiger partial charge in [-0.05, 0) is 39.4 Å². The topological polar surface area (TPSA) is 45.7 Å². The molecule has 0 atom stereocenters. The van der Waals surface area contributed by atoms with E-state index in [-0.39, 0.29) is 28.7 Å². The van der Waals surface area contributed by atoms with E-state index in [4.69, 9.17) is 9.73 Å². The summed E-state index contributed by atoms with van der Waals surface area (Å²) in [5.74, 6) is 2.07. The van der Waals surface area contributed by atoms with E-state index in [2.05, 4.69) is 38.3 Å².